The Balaban J connectivity index is 0.000000791. The number of rotatable bonds is 2. The minimum Gasteiger partial charge on any atom is -0.446 e. The van der Waals surface area contributed by atoms with E-state index in [9.17, 15) is 0 Å². The molecule has 0 atom stereocenters. The molecule has 80 valence electrons. The van der Waals surface area contributed by atoms with Gasteiger partial charge in [-0.1, -0.05) is 26.3 Å². The second-order valence-corrected chi connectivity index (χ2v) is 3.02. The van der Waals surface area contributed by atoms with Crippen LogP contribution in [0.2, 0.25) is 0 Å². The van der Waals surface area contributed by atoms with Crippen LogP contribution in [0.25, 0.3) is 6.08 Å². The Morgan fingerprint density at radius 1 is 1.36 bits per heavy atom. The zero-order valence-corrected chi connectivity index (χ0v) is 10.1. The van der Waals surface area contributed by atoms with Crippen LogP contribution in [0.1, 0.15) is 51.5 Å². The molecule has 0 aromatic carbocycles. The Hall–Kier alpha value is -1.05. The molecule has 0 bridgehead atoms. The lowest BCUT2D eigenvalue weighted by Crippen LogP contribution is -1.78. The average molecular weight is 195 g/mol. The molecule has 1 heterocycles. The van der Waals surface area contributed by atoms with Crippen LogP contribution in [-0.2, 0) is 0 Å². The Bertz CT molecular complexity index is 297. The normalized spacial score (nSPS) is 10.9. The Labute approximate surface area is 87.0 Å². The first kappa shape index (κ1) is 12.9. The van der Waals surface area contributed by atoms with Crippen molar-refractivity contribution in [2.45, 2.75) is 48.0 Å². The van der Waals surface area contributed by atoms with Gasteiger partial charge in [-0.15, -0.1) is 0 Å². The highest BCUT2D eigenvalue weighted by Crippen LogP contribution is 2.13. The third-order valence-electron chi connectivity index (χ3n) is 1.88. The third-order valence-corrected chi connectivity index (χ3v) is 1.88. The van der Waals surface area contributed by atoms with Gasteiger partial charge in [0.15, 0.2) is 5.89 Å². The summed E-state index contributed by atoms with van der Waals surface area (Å²) >= 11 is 0. The molecular weight excluding hydrogens is 174 g/mol. The summed E-state index contributed by atoms with van der Waals surface area (Å²) < 4.78 is 5.30. The highest BCUT2D eigenvalue weighted by molar-refractivity contribution is 5.49. The Morgan fingerprint density at radius 2 is 1.93 bits per heavy atom. The number of hydrogen-bond donors (Lipinski definition) is 0. The first-order valence-electron chi connectivity index (χ1n) is 5.24. The summed E-state index contributed by atoms with van der Waals surface area (Å²) in [7, 11) is 0. The first-order chi connectivity index (χ1) is 6.63. The molecule has 0 aliphatic heterocycles. The molecule has 0 fully saturated rings. The predicted octanol–water partition coefficient (Wildman–Crippen LogP) is 4.13. The standard InChI is InChI=1S/C10H15NO.C2H6/c1-5-7(2)6-10-8(3)12-9(4)11-10;1-2/h6H,5H2,1-4H3;1-2H3/b7-6-;. The summed E-state index contributed by atoms with van der Waals surface area (Å²) in [5.41, 5.74) is 2.29. The van der Waals surface area contributed by atoms with Gasteiger partial charge in [0.05, 0.1) is 0 Å². The first-order valence-corrected chi connectivity index (χ1v) is 5.24. The summed E-state index contributed by atoms with van der Waals surface area (Å²) in [6.07, 6.45) is 3.14. The fourth-order valence-electron chi connectivity index (χ4n) is 1.01. The molecule has 2 nitrogen and oxygen atoms in total. The Kier molecular flexibility index (Phi) is 5.93. The van der Waals surface area contributed by atoms with Crippen LogP contribution in [0, 0.1) is 13.8 Å². The van der Waals surface area contributed by atoms with E-state index in [0.717, 1.165) is 23.8 Å². The van der Waals surface area contributed by atoms with Gasteiger partial charge in [0.25, 0.3) is 0 Å². The summed E-state index contributed by atoms with van der Waals surface area (Å²) in [5.74, 6) is 1.64. The number of hydrogen-bond acceptors (Lipinski definition) is 2. The van der Waals surface area contributed by atoms with E-state index >= 15 is 0 Å². The minimum atomic E-state index is 0.739. The number of aromatic nitrogens is 1. The molecule has 0 aliphatic rings. The van der Waals surface area contributed by atoms with E-state index in [1.165, 1.54) is 5.57 Å². The van der Waals surface area contributed by atoms with Gasteiger partial charge in [0.2, 0.25) is 0 Å². The molecule has 0 saturated carbocycles. The van der Waals surface area contributed by atoms with Gasteiger partial charge >= 0.3 is 0 Å². The van der Waals surface area contributed by atoms with Crippen LogP contribution in [0.4, 0.5) is 0 Å². The maximum Gasteiger partial charge on any atom is 0.191 e. The highest BCUT2D eigenvalue weighted by atomic mass is 16.4. The maximum atomic E-state index is 5.30. The van der Waals surface area contributed by atoms with Crippen molar-refractivity contribution in [1.82, 2.24) is 4.98 Å². The minimum absolute atomic E-state index is 0.739. The summed E-state index contributed by atoms with van der Waals surface area (Å²) in [6, 6.07) is 0. The molecule has 0 radical (unpaired) electrons. The quantitative estimate of drug-likeness (QED) is 0.709. The van der Waals surface area contributed by atoms with E-state index < -0.39 is 0 Å². The molecule has 1 rings (SSSR count). The highest BCUT2D eigenvalue weighted by Gasteiger charge is 2.02. The van der Waals surface area contributed by atoms with Crippen LogP contribution < -0.4 is 0 Å². The van der Waals surface area contributed by atoms with Crippen molar-refractivity contribution in [3.8, 4) is 0 Å². The van der Waals surface area contributed by atoms with Gasteiger partial charge in [0.1, 0.15) is 11.5 Å². The van der Waals surface area contributed by atoms with Gasteiger partial charge in [-0.2, -0.15) is 0 Å². The fraction of sp³-hybridized carbons (Fsp3) is 0.583. The van der Waals surface area contributed by atoms with Gasteiger partial charge in [-0.25, -0.2) is 4.98 Å². The molecule has 14 heavy (non-hydrogen) atoms. The van der Waals surface area contributed by atoms with Crippen molar-refractivity contribution >= 4 is 6.08 Å². The van der Waals surface area contributed by atoms with E-state index in [-0.39, 0.29) is 0 Å². The van der Waals surface area contributed by atoms with E-state index in [4.69, 9.17) is 4.42 Å². The van der Waals surface area contributed by atoms with Crippen molar-refractivity contribution < 1.29 is 4.42 Å². The second kappa shape index (κ2) is 6.41. The van der Waals surface area contributed by atoms with Crippen molar-refractivity contribution in [2.24, 2.45) is 0 Å². The maximum absolute atomic E-state index is 5.30. The van der Waals surface area contributed by atoms with Gasteiger partial charge < -0.3 is 4.42 Å². The molecule has 1 aromatic heterocycles. The van der Waals surface area contributed by atoms with Crippen molar-refractivity contribution in [3.63, 3.8) is 0 Å². The van der Waals surface area contributed by atoms with Gasteiger partial charge in [0, 0.05) is 6.92 Å². The molecule has 0 unspecified atom stereocenters. The lowest BCUT2D eigenvalue weighted by Gasteiger charge is -1.92. The lowest BCUT2D eigenvalue weighted by molar-refractivity contribution is 0.494. The lowest BCUT2D eigenvalue weighted by atomic mass is 10.2. The van der Waals surface area contributed by atoms with Crippen LogP contribution in [0.5, 0.6) is 0 Å². The molecular formula is C12H21NO. The molecule has 0 amide bonds. The predicted molar refractivity (Wildman–Crippen MR) is 61.3 cm³/mol. The number of oxazole rings is 1. The largest absolute Gasteiger partial charge is 0.446 e. The molecule has 1 aromatic rings. The van der Waals surface area contributed by atoms with E-state index in [1.54, 1.807) is 0 Å². The van der Waals surface area contributed by atoms with E-state index in [0.29, 0.717) is 0 Å². The average Bonchev–Trinajstić information content (AvgIpc) is 2.48. The van der Waals surface area contributed by atoms with Crippen LogP contribution in [-0.4, -0.2) is 4.98 Å². The third kappa shape index (κ3) is 3.77. The van der Waals surface area contributed by atoms with E-state index in [2.05, 4.69) is 24.9 Å². The second-order valence-electron chi connectivity index (χ2n) is 3.02. The smallest absolute Gasteiger partial charge is 0.191 e. The zero-order chi connectivity index (χ0) is 11.1. The summed E-state index contributed by atoms with van der Waals surface area (Å²) in [5, 5.41) is 0. The molecule has 0 aliphatic carbocycles. The number of aryl methyl sites for hydroxylation is 2. The number of nitrogens with zero attached hydrogens (tertiary/aromatic N) is 1. The van der Waals surface area contributed by atoms with Crippen molar-refractivity contribution in [3.05, 3.63) is 22.9 Å². The summed E-state index contributed by atoms with van der Waals surface area (Å²) in [4.78, 5) is 4.26. The van der Waals surface area contributed by atoms with Gasteiger partial charge in [-0.3, -0.25) is 0 Å². The SMILES string of the molecule is CC.CC/C(C)=C\c1nc(C)oc1C. The van der Waals surface area contributed by atoms with E-state index in [1.807, 2.05) is 27.7 Å². The monoisotopic (exact) mass is 195 g/mol. The number of allylic oxidation sites excluding steroid dienone is 1. The fourth-order valence-corrected chi connectivity index (χ4v) is 1.01. The summed E-state index contributed by atoms with van der Waals surface area (Å²) in [6.45, 7) is 12.0. The van der Waals surface area contributed by atoms with Crippen LogP contribution in [0.3, 0.4) is 0 Å². The van der Waals surface area contributed by atoms with Crippen LogP contribution in [0.15, 0.2) is 9.99 Å². The zero-order valence-electron chi connectivity index (χ0n) is 10.1. The molecule has 2 heteroatoms. The van der Waals surface area contributed by atoms with Gasteiger partial charge in [-0.05, 0) is 26.3 Å². The topological polar surface area (TPSA) is 26.0 Å². The molecule has 0 saturated heterocycles. The molecule has 0 spiro atoms. The van der Waals surface area contributed by atoms with Crippen molar-refractivity contribution in [2.75, 3.05) is 0 Å². The van der Waals surface area contributed by atoms with Crippen molar-refractivity contribution in [1.29, 1.82) is 0 Å². The Morgan fingerprint density at radius 3 is 2.29 bits per heavy atom. The molecule has 0 N–H and O–H groups in total. The van der Waals surface area contributed by atoms with Crippen LogP contribution >= 0.6 is 0 Å².